The Hall–Kier alpha value is -1.21. The highest BCUT2D eigenvalue weighted by atomic mass is 79.9. The first-order valence-electron chi connectivity index (χ1n) is 7.52. The summed E-state index contributed by atoms with van der Waals surface area (Å²) in [5.41, 5.74) is 0.556. The van der Waals surface area contributed by atoms with Gasteiger partial charge in [0.05, 0.1) is 18.6 Å². The maximum Gasteiger partial charge on any atom is 0.256 e. The van der Waals surface area contributed by atoms with Crippen molar-refractivity contribution in [3.63, 3.8) is 0 Å². The number of thioether (sulfide) groups is 1. The second-order valence-corrected chi connectivity index (χ2v) is 7.67. The van der Waals surface area contributed by atoms with E-state index in [1.807, 2.05) is 7.05 Å². The molecule has 0 aromatic heterocycles. The van der Waals surface area contributed by atoms with Crippen molar-refractivity contribution in [2.24, 2.45) is 0 Å². The van der Waals surface area contributed by atoms with E-state index in [4.69, 9.17) is 4.74 Å². The lowest BCUT2D eigenvalue weighted by atomic mass is 10.1. The lowest BCUT2D eigenvalue weighted by Crippen LogP contribution is -2.48. The zero-order valence-corrected chi connectivity index (χ0v) is 15.5. The number of hydrogen-bond donors (Lipinski definition) is 0. The molecule has 1 aliphatic carbocycles. The van der Waals surface area contributed by atoms with Crippen LogP contribution in [-0.2, 0) is 4.79 Å². The molecule has 2 amide bonds. The number of methoxy groups -OCH3 is 1. The SMILES string of the molecule is COc1ccc(C(=O)N2CSC[C@H]2C(=O)N(C)C2CC2)c(Br)c1. The normalized spacial score (nSPS) is 20.5. The fourth-order valence-electron chi connectivity index (χ4n) is 2.68. The molecule has 2 aliphatic rings. The monoisotopic (exact) mass is 398 g/mol. The van der Waals surface area contributed by atoms with Crippen LogP contribution in [-0.4, -0.2) is 59.5 Å². The average Bonchev–Trinajstić information content (AvgIpc) is 3.29. The topological polar surface area (TPSA) is 49.9 Å². The van der Waals surface area contributed by atoms with Crippen molar-refractivity contribution < 1.29 is 14.3 Å². The minimum absolute atomic E-state index is 0.0514. The van der Waals surface area contributed by atoms with Crippen molar-refractivity contribution in [1.82, 2.24) is 9.80 Å². The van der Waals surface area contributed by atoms with Gasteiger partial charge in [-0.2, -0.15) is 0 Å². The summed E-state index contributed by atoms with van der Waals surface area (Å²) in [5.74, 6) is 1.83. The first-order valence-corrected chi connectivity index (χ1v) is 9.46. The van der Waals surface area contributed by atoms with Crippen molar-refractivity contribution in [2.45, 2.75) is 24.9 Å². The summed E-state index contributed by atoms with van der Waals surface area (Å²) in [6.45, 7) is 0. The molecule has 0 unspecified atom stereocenters. The van der Waals surface area contributed by atoms with Gasteiger partial charge in [-0.3, -0.25) is 9.59 Å². The lowest BCUT2D eigenvalue weighted by molar-refractivity contribution is -0.134. The minimum Gasteiger partial charge on any atom is -0.497 e. The van der Waals surface area contributed by atoms with E-state index in [1.165, 1.54) is 0 Å². The van der Waals surface area contributed by atoms with Crippen molar-refractivity contribution in [1.29, 1.82) is 0 Å². The van der Waals surface area contributed by atoms with Crippen LogP contribution in [0.2, 0.25) is 0 Å². The summed E-state index contributed by atoms with van der Waals surface area (Å²) in [5, 5.41) is 0. The van der Waals surface area contributed by atoms with Crippen LogP contribution >= 0.6 is 27.7 Å². The fourth-order valence-corrected chi connectivity index (χ4v) is 4.35. The van der Waals surface area contributed by atoms with E-state index >= 15 is 0 Å². The predicted octanol–water partition coefficient (Wildman–Crippen LogP) is 2.59. The zero-order chi connectivity index (χ0) is 16.6. The third kappa shape index (κ3) is 3.35. The summed E-state index contributed by atoms with van der Waals surface area (Å²) in [6.07, 6.45) is 2.14. The van der Waals surface area contributed by atoms with E-state index in [0.29, 0.717) is 33.5 Å². The molecule has 23 heavy (non-hydrogen) atoms. The second kappa shape index (κ2) is 6.73. The molecule has 124 valence electrons. The molecule has 1 atom stereocenters. The smallest absolute Gasteiger partial charge is 0.256 e. The molecular formula is C16H19BrN2O3S. The Kier molecular flexibility index (Phi) is 4.87. The van der Waals surface area contributed by atoms with Crippen LogP contribution in [0.25, 0.3) is 0 Å². The number of carbonyl (C=O) groups excluding carboxylic acids is 2. The van der Waals surface area contributed by atoms with Crippen LogP contribution < -0.4 is 4.74 Å². The Bertz CT molecular complexity index is 636. The summed E-state index contributed by atoms with van der Waals surface area (Å²) in [7, 11) is 3.43. The lowest BCUT2D eigenvalue weighted by Gasteiger charge is -2.27. The Morgan fingerprint density at radius 3 is 2.74 bits per heavy atom. The Labute approximate surface area is 148 Å². The molecule has 1 saturated heterocycles. The van der Waals surface area contributed by atoms with E-state index in [2.05, 4.69) is 15.9 Å². The molecule has 1 heterocycles. The number of carbonyl (C=O) groups is 2. The van der Waals surface area contributed by atoms with Crippen molar-refractivity contribution in [3.8, 4) is 5.75 Å². The Balaban J connectivity index is 1.79. The summed E-state index contributed by atoms with van der Waals surface area (Å²) >= 11 is 5.05. The molecule has 1 aromatic rings. The highest BCUT2D eigenvalue weighted by Crippen LogP contribution is 2.31. The van der Waals surface area contributed by atoms with Crippen LogP contribution in [0.4, 0.5) is 0 Å². The first kappa shape index (κ1) is 16.6. The maximum absolute atomic E-state index is 12.9. The number of rotatable bonds is 4. The molecule has 1 saturated carbocycles. The molecule has 5 nitrogen and oxygen atoms in total. The summed E-state index contributed by atoms with van der Waals surface area (Å²) in [6, 6.07) is 5.25. The van der Waals surface area contributed by atoms with E-state index in [0.717, 1.165) is 12.8 Å². The molecule has 1 aliphatic heterocycles. The maximum atomic E-state index is 12.9. The fraction of sp³-hybridized carbons (Fsp3) is 0.500. The Morgan fingerprint density at radius 2 is 2.13 bits per heavy atom. The van der Waals surface area contributed by atoms with Gasteiger partial charge in [-0.15, -0.1) is 11.8 Å². The van der Waals surface area contributed by atoms with Crippen molar-refractivity contribution >= 4 is 39.5 Å². The highest BCUT2D eigenvalue weighted by Gasteiger charge is 2.40. The third-order valence-electron chi connectivity index (χ3n) is 4.28. The third-order valence-corrected chi connectivity index (χ3v) is 5.95. The van der Waals surface area contributed by atoms with Gasteiger partial charge in [0, 0.05) is 23.3 Å². The van der Waals surface area contributed by atoms with Crippen LogP contribution in [0.1, 0.15) is 23.2 Å². The van der Waals surface area contributed by atoms with E-state index in [9.17, 15) is 9.59 Å². The number of hydrogen-bond acceptors (Lipinski definition) is 4. The highest BCUT2D eigenvalue weighted by molar-refractivity contribution is 9.10. The van der Waals surface area contributed by atoms with Gasteiger partial charge in [-0.25, -0.2) is 0 Å². The first-order chi connectivity index (χ1) is 11.0. The van der Waals surface area contributed by atoms with E-state index in [1.54, 1.807) is 46.9 Å². The second-order valence-electron chi connectivity index (χ2n) is 5.82. The minimum atomic E-state index is -0.368. The van der Waals surface area contributed by atoms with Gasteiger partial charge in [0.1, 0.15) is 11.8 Å². The van der Waals surface area contributed by atoms with Crippen LogP contribution in [0.15, 0.2) is 22.7 Å². The van der Waals surface area contributed by atoms with Crippen LogP contribution in [0.3, 0.4) is 0 Å². The van der Waals surface area contributed by atoms with Crippen LogP contribution in [0.5, 0.6) is 5.75 Å². The molecule has 0 N–H and O–H groups in total. The Morgan fingerprint density at radius 1 is 1.39 bits per heavy atom. The molecule has 1 aromatic carbocycles. The van der Waals surface area contributed by atoms with Gasteiger partial charge in [0.2, 0.25) is 5.91 Å². The molecule has 0 radical (unpaired) electrons. The van der Waals surface area contributed by atoms with Crippen LogP contribution in [0, 0.1) is 0 Å². The van der Waals surface area contributed by atoms with Gasteiger partial charge < -0.3 is 14.5 Å². The van der Waals surface area contributed by atoms with E-state index < -0.39 is 0 Å². The van der Waals surface area contributed by atoms with Crippen molar-refractivity contribution in [3.05, 3.63) is 28.2 Å². The van der Waals surface area contributed by atoms with E-state index in [-0.39, 0.29) is 17.9 Å². The predicted molar refractivity (Wildman–Crippen MR) is 93.8 cm³/mol. The number of likely N-dealkylation sites (N-methyl/N-ethyl adjacent to an activating group) is 1. The number of nitrogens with zero attached hydrogens (tertiary/aromatic N) is 2. The zero-order valence-electron chi connectivity index (χ0n) is 13.1. The number of amides is 2. The molecule has 0 bridgehead atoms. The molecule has 0 spiro atoms. The molecular weight excluding hydrogens is 380 g/mol. The largest absolute Gasteiger partial charge is 0.497 e. The molecule has 3 rings (SSSR count). The number of benzene rings is 1. The summed E-state index contributed by atoms with van der Waals surface area (Å²) in [4.78, 5) is 29.0. The van der Waals surface area contributed by atoms with Gasteiger partial charge in [-0.1, -0.05) is 0 Å². The summed E-state index contributed by atoms with van der Waals surface area (Å²) < 4.78 is 5.84. The van der Waals surface area contributed by atoms with Gasteiger partial charge in [-0.05, 0) is 47.0 Å². The number of halogens is 1. The van der Waals surface area contributed by atoms with Gasteiger partial charge in [0.25, 0.3) is 5.91 Å². The quantitative estimate of drug-likeness (QED) is 0.781. The van der Waals surface area contributed by atoms with Gasteiger partial charge in [0.15, 0.2) is 0 Å². The van der Waals surface area contributed by atoms with Gasteiger partial charge >= 0.3 is 0 Å². The number of ether oxygens (including phenoxy) is 1. The molecule has 7 heteroatoms. The average molecular weight is 399 g/mol. The molecule has 2 fully saturated rings. The van der Waals surface area contributed by atoms with Crippen molar-refractivity contribution in [2.75, 3.05) is 25.8 Å². The standard InChI is InChI=1S/C16H19BrN2O3S/c1-18(10-3-4-10)16(21)14-8-23-9-19(14)15(20)12-6-5-11(22-2)7-13(12)17/h5-7,10,14H,3-4,8-9H2,1-2H3/t14-/m0/s1.